The standard InChI is InChI=1S/C15H19N3O/c16-10-3-4-11(7-10)17-12-5-6-14-13(8-12)18-15(19-14)9-1-2-9/h5-6,8-11,17H,1-4,7,16H2. The lowest BCUT2D eigenvalue weighted by Gasteiger charge is -2.13. The summed E-state index contributed by atoms with van der Waals surface area (Å²) in [5, 5.41) is 3.56. The van der Waals surface area contributed by atoms with E-state index < -0.39 is 0 Å². The largest absolute Gasteiger partial charge is 0.440 e. The van der Waals surface area contributed by atoms with Gasteiger partial charge in [0.05, 0.1) is 0 Å². The van der Waals surface area contributed by atoms with E-state index in [9.17, 15) is 0 Å². The molecule has 1 aromatic carbocycles. The van der Waals surface area contributed by atoms with Crippen molar-refractivity contribution in [2.24, 2.45) is 5.73 Å². The molecule has 0 amide bonds. The highest BCUT2D eigenvalue weighted by molar-refractivity contribution is 5.77. The molecule has 3 N–H and O–H groups in total. The molecule has 2 saturated carbocycles. The predicted octanol–water partition coefficient (Wildman–Crippen LogP) is 3.00. The lowest BCUT2D eigenvalue weighted by molar-refractivity contribution is 0.533. The Kier molecular flexibility index (Phi) is 2.52. The van der Waals surface area contributed by atoms with E-state index in [2.05, 4.69) is 22.4 Å². The van der Waals surface area contributed by atoms with Gasteiger partial charge in [0.2, 0.25) is 0 Å². The van der Waals surface area contributed by atoms with Crippen LogP contribution in [-0.4, -0.2) is 17.1 Å². The van der Waals surface area contributed by atoms with Gasteiger partial charge in [0.1, 0.15) is 5.52 Å². The summed E-state index contributed by atoms with van der Waals surface area (Å²) in [6, 6.07) is 7.05. The van der Waals surface area contributed by atoms with Gasteiger partial charge in [-0.2, -0.15) is 0 Å². The fourth-order valence-corrected chi connectivity index (χ4v) is 2.92. The lowest BCUT2D eigenvalue weighted by atomic mass is 10.2. The number of nitrogens with zero attached hydrogens (tertiary/aromatic N) is 1. The monoisotopic (exact) mass is 257 g/mol. The van der Waals surface area contributed by atoms with Crippen LogP contribution in [-0.2, 0) is 0 Å². The summed E-state index contributed by atoms with van der Waals surface area (Å²) >= 11 is 0. The van der Waals surface area contributed by atoms with E-state index >= 15 is 0 Å². The Bertz CT molecular complexity index is 602. The summed E-state index contributed by atoms with van der Waals surface area (Å²) in [6.45, 7) is 0. The highest BCUT2D eigenvalue weighted by atomic mass is 16.3. The number of hydrogen-bond acceptors (Lipinski definition) is 4. The summed E-state index contributed by atoms with van der Waals surface area (Å²) in [6.07, 6.45) is 5.78. The Hall–Kier alpha value is -1.55. The number of rotatable bonds is 3. The molecule has 0 radical (unpaired) electrons. The van der Waals surface area contributed by atoms with Gasteiger partial charge in [-0.15, -0.1) is 0 Å². The molecule has 2 fully saturated rings. The third kappa shape index (κ3) is 2.21. The normalized spacial score (nSPS) is 27.0. The summed E-state index contributed by atoms with van der Waals surface area (Å²) < 4.78 is 5.78. The quantitative estimate of drug-likeness (QED) is 0.887. The number of oxazole rings is 1. The van der Waals surface area contributed by atoms with Gasteiger partial charge < -0.3 is 15.5 Å². The molecule has 19 heavy (non-hydrogen) atoms. The van der Waals surface area contributed by atoms with E-state index in [1.54, 1.807) is 0 Å². The molecular weight excluding hydrogens is 238 g/mol. The van der Waals surface area contributed by atoms with Crippen molar-refractivity contribution in [3.8, 4) is 0 Å². The average Bonchev–Trinajstić information content (AvgIpc) is 3.04. The number of fused-ring (bicyclic) bond motifs is 1. The van der Waals surface area contributed by atoms with Crippen molar-refractivity contribution >= 4 is 16.8 Å². The minimum atomic E-state index is 0.356. The van der Waals surface area contributed by atoms with Gasteiger partial charge in [-0.25, -0.2) is 4.98 Å². The van der Waals surface area contributed by atoms with Gasteiger partial charge in [0.25, 0.3) is 0 Å². The second-order valence-corrected chi connectivity index (χ2v) is 5.92. The number of anilines is 1. The molecule has 1 aromatic heterocycles. The van der Waals surface area contributed by atoms with Crippen molar-refractivity contribution in [1.29, 1.82) is 0 Å². The van der Waals surface area contributed by atoms with Gasteiger partial charge >= 0.3 is 0 Å². The number of nitrogens with two attached hydrogens (primary N) is 1. The molecule has 2 aliphatic carbocycles. The zero-order valence-electron chi connectivity index (χ0n) is 10.9. The zero-order valence-corrected chi connectivity index (χ0v) is 10.9. The van der Waals surface area contributed by atoms with E-state index in [-0.39, 0.29) is 0 Å². The van der Waals surface area contributed by atoms with Crippen LogP contribution in [0.15, 0.2) is 22.6 Å². The highest BCUT2D eigenvalue weighted by Gasteiger charge is 2.29. The first-order valence-corrected chi connectivity index (χ1v) is 7.20. The molecule has 100 valence electrons. The van der Waals surface area contributed by atoms with E-state index in [0.717, 1.165) is 41.9 Å². The zero-order chi connectivity index (χ0) is 12.8. The smallest absolute Gasteiger partial charge is 0.198 e. The average molecular weight is 257 g/mol. The minimum Gasteiger partial charge on any atom is -0.440 e. The first-order chi connectivity index (χ1) is 9.28. The maximum atomic E-state index is 5.95. The molecule has 2 atom stereocenters. The molecule has 2 aliphatic rings. The van der Waals surface area contributed by atoms with Gasteiger partial charge in [0.15, 0.2) is 11.5 Å². The second kappa shape index (κ2) is 4.23. The van der Waals surface area contributed by atoms with Crippen LogP contribution in [0.2, 0.25) is 0 Å². The van der Waals surface area contributed by atoms with Gasteiger partial charge in [-0.05, 0) is 50.3 Å². The Morgan fingerprint density at radius 2 is 2.11 bits per heavy atom. The predicted molar refractivity (Wildman–Crippen MR) is 75.2 cm³/mol. The summed E-state index contributed by atoms with van der Waals surface area (Å²) in [7, 11) is 0. The fraction of sp³-hybridized carbons (Fsp3) is 0.533. The van der Waals surface area contributed by atoms with E-state index in [0.29, 0.717) is 18.0 Å². The minimum absolute atomic E-state index is 0.356. The van der Waals surface area contributed by atoms with Crippen molar-refractivity contribution in [3.05, 3.63) is 24.1 Å². The molecular formula is C15H19N3O. The molecule has 1 heterocycles. The fourth-order valence-electron chi connectivity index (χ4n) is 2.92. The molecule has 2 aromatic rings. The van der Waals surface area contributed by atoms with Crippen LogP contribution in [0.5, 0.6) is 0 Å². The van der Waals surface area contributed by atoms with Gasteiger partial charge in [-0.1, -0.05) is 0 Å². The SMILES string of the molecule is NC1CCC(Nc2ccc3oc(C4CC4)nc3c2)C1. The topological polar surface area (TPSA) is 64.1 Å². The van der Waals surface area contributed by atoms with Crippen molar-refractivity contribution in [3.63, 3.8) is 0 Å². The van der Waals surface area contributed by atoms with E-state index in [4.69, 9.17) is 10.2 Å². The molecule has 0 spiro atoms. The van der Waals surface area contributed by atoms with Crippen molar-refractivity contribution in [2.45, 2.75) is 50.1 Å². The lowest BCUT2D eigenvalue weighted by Crippen LogP contribution is -2.20. The molecule has 0 aliphatic heterocycles. The Labute approximate surface area is 112 Å². The molecule has 0 saturated heterocycles. The Morgan fingerprint density at radius 1 is 1.21 bits per heavy atom. The van der Waals surface area contributed by atoms with Crippen LogP contribution >= 0.6 is 0 Å². The maximum absolute atomic E-state index is 5.95. The van der Waals surface area contributed by atoms with Crippen LogP contribution in [0.3, 0.4) is 0 Å². The van der Waals surface area contributed by atoms with Crippen molar-refractivity contribution in [1.82, 2.24) is 4.98 Å². The van der Waals surface area contributed by atoms with Crippen LogP contribution in [0.4, 0.5) is 5.69 Å². The molecule has 4 nitrogen and oxygen atoms in total. The summed E-state index contributed by atoms with van der Waals surface area (Å²) in [5.41, 5.74) is 8.94. The number of hydrogen-bond donors (Lipinski definition) is 2. The highest BCUT2D eigenvalue weighted by Crippen LogP contribution is 2.40. The first-order valence-electron chi connectivity index (χ1n) is 7.20. The maximum Gasteiger partial charge on any atom is 0.198 e. The van der Waals surface area contributed by atoms with E-state index in [1.165, 1.54) is 12.8 Å². The number of nitrogens with one attached hydrogen (secondary N) is 1. The third-order valence-electron chi connectivity index (χ3n) is 4.17. The molecule has 4 heteroatoms. The van der Waals surface area contributed by atoms with Crippen LogP contribution in [0.1, 0.15) is 43.9 Å². The molecule has 4 rings (SSSR count). The second-order valence-electron chi connectivity index (χ2n) is 5.92. The first kappa shape index (κ1) is 11.3. The van der Waals surface area contributed by atoms with Gasteiger partial charge in [0, 0.05) is 23.7 Å². The van der Waals surface area contributed by atoms with Crippen LogP contribution < -0.4 is 11.1 Å². The van der Waals surface area contributed by atoms with Crippen LogP contribution in [0.25, 0.3) is 11.1 Å². The van der Waals surface area contributed by atoms with E-state index in [1.807, 2.05) is 6.07 Å². The number of aromatic nitrogens is 1. The van der Waals surface area contributed by atoms with Gasteiger partial charge in [-0.3, -0.25) is 0 Å². The van der Waals surface area contributed by atoms with Crippen LogP contribution in [0, 0.1) is 0 Å². The molecule has 2 unspecified atom stereocenters. The number of benzene rings is 1. The summed E-state index contributed by atoms with van der Waals surface area (Å²) in [4.78, 5) is 4.59. The molecule has 0 bridgehead atoms. The third-order valence-corrected chi connectivity index (χ3v) is 4.17. The Balaban J connectivity index is 1.56. The summed E-state index contributed by atoms with van der Waals surface area (Å²) in [5.74, 6) is 1.48. The Morgan fingerprint density at radius 3 is 2.84 bits per heavy atom. The van der Waals surface area contributed by atoms with Crippen molar-refractivity contribution < 1.29 is 4.42 Å². The van der Waals surface area contributed by atoms with Crippen molar-refractivity contribution in [2.75, 3.05) is 5.32 Å².